The van der Waals surface area contributed by atoms with Gasteiger partial charge in [-0.25, -0.2) is 13.4 Å². The molecule has 1 saturated carbocycles. The third-order valence-corrected chi connectivity index (χ3v) is 7.35. The number of hydrogen-bond donors (Lipinski definition) is 2. The zero-order chi connectivity index (χ0) is 25.3. The van der Waals surface area contributed by atoms with E-state index in [4.69, 9.17) is 16.3 Å². The number of hydrogen-bond acceptors (Lipinski definition) is 6. The lowest BCUT2D eigenvalue weighted by Gasteiger charge is -2.25. The monoisotopic (exact) mass is 518 g/mol. The molecule has 0 amide bonds. The highest BCUT2D eigenvalue weighted by molar-refractivity contribution is 7.92. The lowest BCUT2D eigenvalue weighted by molar-refractivity contribution is 0.300. The average molecular weight is 519 g/mol. The van der Waals surface area contributed by atoms with Crippen LogP contribution in [0.5, 0.6) is 5.75 Å². The smallest absolute Gasteiger partial charge is 0.253 e. The molecule has 0 saturated heterocycles. The molecule has 0 bridgehead atoms. The summed E-state index contributed by atoms with van der Waals surface area (Å²) in [5, 5.41) is 4.51. The van der Waals surface area contributed by atoms with Gasteiger partial charge in [-0.15, -0.1) is 0 Å². The minimum Gasteiger partial charge on any atom is -0.492 e. The Morgan fingerprint density at radius 1 is 1.23 bits per heavy atom. The number of halogens is 1. The standard InChI is InChI=1S/C25H31ClN4O4S/c1-15(2)13-30(35(4,32)33)19-7-8-27-24(11-19)28-16(3)20-9-18-10-21(26)23(34-14-17-5-6-17)12-22(18)29-25(20)31/h7-12,15-17H,5-6,13-14H2,1-4H3,(H,27,28)(H,29,31). The molecule has 2 aromatic heterocycles. The summed E-state index contributed by atoms with van der Waals surface area (Å²) in [6.45, 7) is 6.76. The van der Waals surface area contributed by atoms with Crippen LogP contribution >= 0.6 is 11.6 Å². The highest BCUT2D eigenvalue weighted by atomic mass is 35.5. The van der Waals surface area contributed by atoms with Crippen LogP contribution in [-0.4, -0.2) is 37.8 Å². The molecule has 4 rings (SSSR count). The Labute approximate surface area is 210 Å². The van der Waals surface area contributed by atoms with Crippen molar-refractivity contribution in [1.82, 2.24) is 9.97 Å². The second kappa shape index (κ2) is 10.1. The van der Waals surface area contributed by atoms with Crippen molar-refractivity contribution in [2.75, 3.05) is 29.0 Å². The lowest BCUT2D eigenvalue weighted by atomic mass is 10.1. The number of rotatable bonds is 10. The summed E-state index contributed by atoms with van der Waals surface area (Å²) in [7, 11) is -3.45. The predicted molar refractivity (Wildman–Crippen MR) is 141 cm³/mol. The van der Waals surface area contributed by atoms with Crippen LogP contribution in [0.25, 0.3) is 10.9 Å². The Hall–Kier alpha value is -2.78. The van der Waals surface area contributed by atoms with Crippen molar-refractivity contribution < 1.29 is 13.2 Å². The molecule has 1 aromatic carbocycles. The number of aromatic amines is 1. The number of ether oxygens (including phenoxy) is 1. The van der Waals surface area contributed by atoms with Crippen LogP contribution in [0.3, 0.4) is 0 Å². The Morgan fingerprint density at radius 3 is 2.63 bits per heavy atom. The Morgan fingerprint density at radius 2 is 1.97 bits per heavy atom. The molecular formula is C25H31ClN4O4S. The molecule has 10 heteroatoms. The summed E-state index contributed by atoms with van der Waals surface area (Å²) >= 11 is 6.43. The van der Waals surface area contributed by atoms with Gasteiger partial charge in [-0.2, -0.15) is 0 Å². The van der Waals surface area contributed by atoms with Crippen molar-refractivity contribution >= 4 is 44.0 Å². The number of benzene rings is 1. The van der Waals surface area contributed by atoms with E-state index in [1.165, 1.54) is 23.4 Å². The molecule has 0 spiro atoms. The van der Waals surface area contributed by atoms with E-state index in [2.05, 4.69) is 15.3 Å². The first-order valence-corrected chi connectivity index (χ1v) is 13.9. The predicted octanol–water partition coefficient (Wildman–Crippen LogP) is 4.96. The van der Waals surface area contributed by atoms with Crippen LogP contribution in [0.2, 0.25) is 5.02 Å². The molecule has 1 unspecified atom stereocenters. The van der Waals surface area contributed by atoms with Gasteiger partial charge in [0.25, 0.3) is 5.56 Å². The first kappa shape index (κ1) is 25.3. The number of aromatic nitrogens is 2. The maximum atomic E-state index is 12.9. The van der Waals surface area contributed by atoms with E-state index in [0.717, 1.165) is 5.39 Å². The maximum absolute atomic E-state index is 12.9. The fourth-order valence-corrected chi connectivity index (χ4v) is 5.16. The minimum absolute atomic E-state index is 0.149. The van der Waals surface area contributed by atoms with Crippen LogP contribution < -0.4 is 19.9 Å². The average Bonchev–Trinajstić information content (AvgIpc) is 3.60. The number of fused-ring (bicyclic) bond motifs is 1. The number of sulfonamides is 1. The fraction of sp³-hybridized carbons (Fsp3) is 0.440. The van der Waals surface area contributed by atoms with Crippen molar-refractivity contribution in [2.45, 2.75) is 39.7 Å². The van der Waals surface area contributed by atoms with E-state index in [9.17, 15) is 13.2 Å². The second-order valence-corrected chi connectivity index (χ2v) is 11.9. The van der Waals surface area contributed by atoms with E-state index >= 15 is 0 Å². The molecule has 3 aromatic rings. The SMILES string of the molecule is CC(C)CN(c1ccnc(NC(C)c2cc3cc(Cl)c(OCC4CC4)cc3[nH]c2=O)c1)S(C)(=O)=O. The Kier molecular flexibility index (Phi) is 7.28. The molecule has 1 aliphatic carbocycles. The highest BCUT2D eigenvalue weighted by Crippen LogP contribution is 2.34. The quantitative estimate of drug-likeness (QED) is 0.393. The van der Waals surface area contributed by atoms with Gasteiger partial charge in [-0.1, -0.05) is 25.4 Å². The molecule has 1 fully saturated rings. The van der Waals surface area contributed by atoms with E-state index < -0.39 is 16.1 Å². The molecule has 188 valence electrons. The van der Waals surface area contributed by atoms with Gasteiger partial charge >= 0.3 is 0 Å². The van der Waals surface area contributed by atoms with E-state index in [1.54, 1.807) is 36.5 Å². The van der Waals surface area contributed by atoms with Crippen LogP contribution in [-0.2, 0) is 10.0 Å². The molecule has 0 radical (unpaired) electrons. The molecule has 0 aliphatic heterocycles. The first-order chi connectivity index (χ1) is 16.5. The van der Waals surface area contributed by atoms with Gasteiger partial charge in [0.15, 0.2) is 0 Å². The number of H-pyrrole nitrogens is 1. The van der Waals surface area contributed by atoms with Crippen molar-refractivity contribution in [3.8, 4) is 5.75 Å². The van der Waals surface area contributed by atoms with Crippen LogP contribution in [0.1, 0.15) is 45.2 Å². The number of nitrogens with one attached hydrogen (secondary N) is 2. The summed E-state index contributed by atoms with van der Waals surface area (Å²) in [6, 6.07) is 8.30. The van der Waals surface area contributed by atoms with E-state index in [0.29, 0.717) is 52.4 Å². The van der Waals surface area contributed by atoms with Crippen molar-refractivity contribution in [1.29, 1.82) is 0 Å². The van der Waals surface area contributed by atoms with Crippen molar-refractivity contribution in [2.24, 2.45) is 11.8 Å². The molecule has 35 heavy (non-hydrogen) atoms. The number of anilines is 2. The molecule has 8 nitrogen and oxygen atoms in total. The number of pyridine rings is 2. The summed E-state index contributed by atoms with van der Waals surface area (Å²) in [5.74, 6) is 1.78. The molecule has 1 atom stereocenters. The Bertz CT molecular complexity index is 1390. The zero-order valence-corrected chi connectivity index (χ0v) is 21.9. The maximum Gasteiger partial charge on any atom is 0.253 e. The summed E-state index contributed by atoms with van der Waals surface area (Å²) < 4.78 is 31.9. The van der Waals surface area contributed by atoms with E-state index in [-0.39, 0.29) is 11.5 Å². The van der Waals surface area contributed by atoms with Gasteiger partial charge in [0.05, 0.1) is 35.1 Å². The van der Waals surface area contributed by atoms with E-state index in [1.807, 2.05) is 20.8 Å². The topological polar surface area (TPSA) is 104 Å². The van der Waals surface area contributed by atoms with Gasteiger partial charge in [0.1, 0.15) is 11.6 Å². The Balaban J connectivity index is 1.58. The lowest BCUT2D eigenvalue weighted by Crippen LogP contribution is -2.33. The van der Waals surface area contributed by atoms with Crippen molar-refractivity contribution in [3.63, 3.8) is 0 Å². The van der Waals surface area contributed by atoms with Gasteiger partial charge in [0, 0.05) is 35.8 Å². The largest absolute Gasteiger partial charge is 0.492 e. The molecular weight excluding hydrogens is 488 g/mol. The summed E-state index contributed by atoms with van der Waals surface area (Å²) in [4.78, 5) is 20.1. The van der Waals surface area contributed by atoms with Crippen molar-refractivity contribution in [3.05, 3.63) is 57.5 Å². The molecule has 1 aliphatic rings. The first-order valence-electron chi connectivity index (χ1n) is 11.7. The molecule has 2 heterocycles. The minimum atomic E-state index is -3.45. The summed E-state index contributed by atoms with van der Waals surface area (Å²) in [6.07, 6.45) is 5.10. The molecule has 2 N–H and O–H groups in total. The number of nitrogens with zero attached hydrogens (tertiary/aromatic N) is 2. The van der Waals surface area contributed by atoms with Crippen LogP contribution in [0.15, 0.2) is 41.3 Å². The highest BCUT2D eigenvalue weighted by Gasteiger charge is 2.23. The van der Waals surface area contributed by atoms with Gasteiger partial charge < -0.3 is 15.0 Å². The van der Waals surface area contributed by atoms with Gasteiger partial charge in [0.2, 0.25) is 10.0 Å². The third-order valence-electron chi connectivity index (χ3n) is 5.89. The fourth-order valence-electron chi connectivity index (χ4n) is 3.87. The van der Waals surface area contributed by atoms with Gasteiger partial charge in [-0.3, -0.25) is 9.10 Å². The van der Waals surface area contributed by atoms with Crippen LogP contribution in [0.4, 0.5) is 11.5 Å². The second-order valence-electron chi connectivity index (χ2n) is 9.63. The van der Waals surface area contributed by atoms with Gasteiger partial charge in [-0.05, 0) is 49.8 Å². The normalized spacial score (nSPS) is 14.8. The van der Waals surface area contributed by atoms with Crippen LogP contribution in [0, 0.1) is 11.8 Å². The third kappa shape index (κ3) is 6.27. The zero-order valence-electron chi connectivity index (χ0n) is 20.3. The summed E-state index contributed by atoms with van der Waals surface area (Å²) in [5.41, 5.74) is 1.44.